The van der Waals surface area contributed by atoms with Gasteiger partial charge < -0.3 is 25.2 Å². The van der Waals surface area contributed by atoms with Crippen molar-refractivity contribution >= 4 is 44.8 Å². The van der Waals surface area contributed by atoms with E-state index in [0.29, 0.717) is 40.7 Å². The van der Waals surface area contributed by atoms with Crippen LogP contribution in [0.15, 0.2) is 48.7 Å². The highest BCUT2D eigenvalue weighted by Gasteiger charge is 2.28. The van der Waals surface area contributed by atoms with Crippen molar-refractivity contribution in [2.45, 2.75) is 43.4 Å². The first kappa shape index (κ1) is 29.5. The van der Waals surface area contributed by atoms with Crippen molar-refractivity contribution in [1.29, 1.82) is 0 Å². The monoisotopic (exact) mass is 599 g/mol. The van der Waals surface area contributed by atoms with Gasteiger partial charge in [-0.05, 0) is 94.2 Å². The molecular weight excluding hydrogens is 562 g/mol. The number of rotatable bonds is 9. The summed E-state index contributed by atoms with van der Waals surface area (Å²) in [4.78, 5) is 14.0. The van der Waals surface area contributed by atoms with Crippen LogP contribution in [0.1, 0.15) is 42.7 Å². The van der Waals surface area contributed by atoms with Crippen LogP contribution in [0.5, 0.6) is 5.75 Å². The second-order valence-electron chi connectivity index (χ2n) is 10.9. The maximum Gasteiger partial charge on any atom is 0.229 e. The summed E-state index contributed by atoms with van der Waals surface area (Å²) in [5.74, 6) is 1.55. The number of sulfonamides is 1. The van der Waals surface area contributed by atoms with Gasteiger partial charge in [-0.3, -0.25) is 0 Å². The number of hydrogen-bond acceptors (Lipinski definition) is 9. The number of likely N-dealkylation sites (tertiary alicyclic amines) is 2. The summed E-state index contributed by atoms with van der Waals surface area (Å²) in [5.41, 5.74) is 3.06. The Morgan fingerprint density at radius 2 is 1.76 bits per heavy atom. The summed E-state index contributed by atoms with van der Waals surface area (Å²) < 4.78 is 29.1. The lowest BCUT2D eigenvalue weighted by Crippen LogP contribution is -2.46. The minimum absolute atomic E-state index is 0.287. The van der Waals surface area contributed by atoms with Crippen LogP contribution in [0.3, 0.4) is 0 Å². The third-order valence-electron chi connectivity index (χ3n) is 8.05. The minimum Gasteiger partial charge on any atom is -0.495 e. The normalized spacial score (nSPS) is 17.9. The molecule has 0 amide bonds. The van der Waals surface area contributed by atoms with E-state index in [2.05, 4.69) is 49.6 Å². The van der Waals surface area contributed by atoms with Crippen molar-refractivity contribution in [3.05, 3.63) is 64.8 Å². The summed E-state index contributed by atoms with van der Waals surface area (Å²) in [5, 5.41) is 11.9. The molecule has 0 atom stereocenters. The van der Waals surface area contributed by atoms with E-state index < -0.39 is 10.0 Å². The van der Waals surface area contributed by atoms with E-state index in [4.69, 9.17) is 21.5 Å². The van der Waals surface area contributed by atoms with Gasteiger partial charge in [0.05, 0.1) is 24.7 Å². The molecule has 2 aliphatic rings. The Labute approximate surface area is 247 Å². The van der Waals surface area contributed by atoms with Crippen LogP contribution in [-0.2, 0) is 15.8 Å². The number of methoxy groups -OCH3 is 1. The van der Waals surface area contributed by atoms with Gasteiger partial charge in [0, 0.05) is 11.7 Å². The van der Waals surface area contributed by atoms with E-state index >= 15 is 0 Å². The number of anilines is 4. The van der Waals surface area contributed by atoms with E-state index in [1.807, 2.05) is 6.07 Å². The van der Waals surface area contributed by atoms with Crippen LogP contribution in [0.4, 0.5) is 23.1 Å². The van der Waals surface area contributed by atoms with Gasteiger partial charge in [0.2, 0.25) is 16.0 Å². The van der Waals surface area contributed by atoms with Crippen molar-refractivity contribution < 1.29 is 13.2 Å². The van der Waals surface area contributed by atoms with Gasteiger partial charge in [0.1, 0.15) is 10.8 Å². The number of primary sulfonamides is 1. The molecule has 3 heterocycles. The number of piperidine rings is 2. The number of nitrogens with two attached hydrogens (primary N) is 1. The number of ether oxygens (including phenoxy) is 1. The van der Waals surface area contributed by atoms with E-state index in [9.17, 15) is 8.42 Å². The van der Waals surface area contributed by atoms with Crippen molar-refractivity contribution in [2.24, 2.45) is 5.14 Å². The molecule has 0 radical (unpaired) electrons. The lowest BCUT2D eigenvalue weighted by atomic mass is 9.87. The van der Waals surface area contributed by atoms with Crippen LogP contribution in [0, 0.1) is 0 Å². The number of nitrogens with one attached hydrogen (secondary N) is 2. The van der Waals surface area contributed by atoms with Crippen molar-refractivity contribution in [3.63, 3.8) is 0 Å². The lowest BCUT2D eigenvalue weighted by Gasteiger charge is -2.41. The number of benzene rings is 2. The molecule has 4 N–H and O–H groups in total. The number of para-hydroxylation sites is 1. The maximum absolute atomic E-state index is 11.7. The predicted octanol–water partition coefficient (Wildman–Crippen LogP) is 4.69. The van der Waals surface area contributed by atoms with E-state index in [0.717, 1.165) is 31.6 Å². The fraction of sp³-hybridized carbons (Fsp3) is 0.448. The van der Waals surface area contributed by atoms with E-state index in [1.165, 1.54) is 37.7 Å². The standard InChI is InChI=1S/C29H38ClN7O3S/c1-36-13-11-23(12-14-36)37-15-9-20(10-16-37)21-7-8-26(27(17-21)40-2)34-29-32-18-24(30)28(35-29)33-25-6-4-3-5-22(25)19-41(31,38)39/h3-8,17-18,20,23H,9-16,19H2,1-2H3,(H2,31,38,39)(H2,32,33,34,35). The van der Waals surface area contributed by atoms with E-state index in [1.54, 1.807) is 31.4 Å². The first-order valence-electron chi connectivity index (χ1n) is 13.9. The zero-order valence-corrected chi connectivity index (χ0v) is 25.1. The average molecular weight is 600 g/mol. The van der Waals surface area contributed by atoms with Gasteiger partial charge in [0.15, 0.2) is 5.82 Å². The molecule has 41 heavy (non-hydrogen) atoms. The van der Waals surface area contributed by atoms with Crippen molar-refractivity contribution in [2.75, 3.05) is 51.0 Å². The smallest absolute Gasteiger partial charge is 0.229 e. The summed E-state index contributed by atoms with van der Waals surface area (Å²) in [6, 6.07) is 13.9. The van der Waals surface area contributed by atoms with Crippen LogP contribution in [0.2, 0.25) is 5.02 Å². The zero-order valence-electron chi connectivity index (χ0n) is 23.5. The molecule has 10 nitrogen and oxygen atoms in total. The highest BCUT2D eigenvalue weighted by atomic mass is 35.5. The van der Waals surface area contributed by atoms with Crippen molar-refractivity contribution in [1.82, 2.24) is 19.8 Å². The first-order chi connectivity index (χ1) is 19.7. The Morgan fingerprint density at radius 1 is 1.02 bits per heavy atom. The number of halogens is 1. The Hall–Kier alpha value is -2.96. The summed E-state index contributed by atoms with van der Waals surface area (Å²) in [6.07, 6.45) is 6.30. The summed E-state index contributed by atoms with van der Waals surface area (Å²) in [7, 11) is 0.153. The summed E-state index contributed by atoms with van der Waals surface area (Å²) in [6.45, 7) is 4.65. The third-order valence-corrected chi connectivity index (χ3v) is 9.04. The highest BCUT2D eigenvalue weighted by molar-refractivity contribution is 7.88. The fourth-order valence-corrected chi connectivity index (χ4v) is 6.59. The maximum atomic E-state index is 11.7. The Morgan fingerprint density at radius 3 is 2.46 bits per heavy atom. The molecule has 1 aromatic heterocycles. The molecule has 0 saturated carbocycles. The quantitative estimate of drug-likeness (QED) is 0.321. The topological polar surface area (TPSA) is 126 Å². The Balaban J connectivity index is 1.26. The number of nitrogens with zero attached hydrogens (tertiary/aromatic N) is 4. The molecule has 2 fully saturated rings. The zero-order chi connectivity index (χ0) is 29.0. The van der Waals surface area contributed by atoms with Gasteiger partial charge in [0.25, 0.3) is 0 Å². The molecule has 220 valence electrons. The largest absolute Gasteiger partial charge is 0.495 e. The molecule has 0 bridgehead atoms. The van der Waals surface area contributed by atoms with Gasteiger partial charge in [-0.2, -0.15) is 4.98 Å². The molecule has 5 rings (SSSR count). The van der Waals surface area contributed by atoms with Gasteiger partial charge in [-0.25, -0.2) is 18.5 Å². The molecule has 2 aliphatic heterocycles. The predicted molar refractivity (Wildman–Crippen MR) is 164 cm³/mol. The molecule has 2 aromatic carbocycles. The van der Waals surface area contributed by atoms with Crippen LogP contribution < -0.4 is 20.5 Å². The molecule has 0 spiro atoms. The number of hydrogen-bond donors (Lipinski definition) is 3. The van der Waals surface area contributed by atoms with Gasteiger partial charge >= 0.3 is 0 Å². The van der Waals surface area contributed by atoms with Gasteiger partial charge in [-0.1, -0.05) is 35.9 Å². The molecule has 3 aromatic rings. The fourth-order valence-electron chi connectivity index (χ4n) is 5.77. The molecule has 0 unspecified atom stereocenters. The molecule has 0 aliphatic carbocycles. The van der Waals surface area contributed by atoms with Gasteiger partial charge in [-0.15, -0.1) is 0 Å². The number of aromatic nitrogens is 2. The lowest BCUT2D eigenvalue weighted by molar-refractivity contribution is 0.0966. The first-order valence-corrected chi connectivity index (χ1v) is 16.0. The van der Waals surface area contributed by atoms with Crippen molar-refractivity contribution in [3.8, 4) is 5.75 Å². The molecule has 2 saturated heterocycles. The van der Waals surface area contributed by atoms with Crippen LogP contribution >= 0.6 is 11.6 Å². The highest BCUT2D eigenvalue weighted by Crippen LogP contribution is 2.36. The SMILES string of the molecule is COc1cc(C2CCN(C3CCN(C)CC3)CC2)ccc1Nc1ncc(Cl)c(Nc2ccccc2CS(N)(=O)=O)n1. The average Bonchev–Trinajstić information content (AvgIpc) is 2.96. The Kier molecular flexibility index (Phi) is 9.30. The molecule has 12 heteroatoms. The minimum atomic E-state index is -3.72. The molecular formula is C29H38ClN7O3S. The third kappa shape index (κ3) is 7.66. The second-order valence-corrected chi connectivity index (χ2v) is 12.9. The van der Waals surface area contributed by atoms with Crippen LogP contribution in [0.25, 0.3) is 0 Å². The van der Waals surface area contributed by atoms with Crippen LogP contribution in [-0.4, -0.2) is 74.6 Å². The second kappa shape index (κ2) is 12.9. The van der Waals surface area contributed by atoms with E-state index in [-0.39, 0.29) is 10.8 Å². The Bertz CT molecular complexity index is 1460. The summed E-state index contributed by atoms with van der Waals surface area (Å²) >= 11 is 6.38.